The van der Waals surface area contributed by atoms with Gasteiger partial charge < -0.3 is 25.6 Å². The van der Waals surface area contributed by atoms with Crippen LogP contribution in [0, 0.1) is 6.42 Å². The summed E-state index contributed by atoms with van der Waals surface area (Å²) in [6.45, 7) is 0.512. The minimum atomic E-state index is -0.613. The Bertz CT molecular complexity index is 1480. The summed E-state index contributed by atoms with van der Waals surface area (Å²) in [6.07, 6.45) is 8.62. The summed E-state index contributed by atoms with van der Waals surface area (Å²) >= 11 is 0. The number of carbonyl (C=O) groups excluding carboxylic acids is 1. The molecule has 2 aromatic carbocycles. The van der Waals surface area contributed by atoms with Crippen molar-refractivity contribution in [3.63, 3.8) is 0 Å². The summed E-state index contributed by atoms with van der Waals surface area (Å²) in [7, 11) is 0. The lowest BCUT2D eigenvalue weighted by atomic mass is 10.1. The molecular weight excluding hydrogens is 418 g/mol. The van der Waals surface area contributed by atoms with Crippen molar-refractivity contribution in [1.82, 2.24) is 24.5 Å². The second-order valence-corrected chi connectivity index (χ2v) is 7.40. The van der Waals surface area contributed by atoms with E-state index in [-0.39, 0.29) is 11.1 Å². The van der Waals surface area contributed by atoms with Gasteiger partial charge in [0.2, 0.25) is 0 Å². The number of anilines is 1. The standard InChI is InChI=1S/C24H20N7O2/c25-22(32)17-12-16(31-11-10-26-14-31)13-19-21(17)30-23(29-19)20-18(7-9-28-24(20)33)27-8-6-15-4-2-1-3-5-15/h1-7,9-14H,8H2,(H2,25,32)(H,29,30)(H2,27,28,33). The molecule has 9 nitrogen and oxygen atoms in total. The Morgan fingerprint density at radius 1 is 1.18 bits per heavy atom. The van der Waals surface area contributed by atoms with E-state index in [0.717, 1.165) is 5.56 Å². The lowest BCUT2D eigenvalue weighted by Crippen LogP contribution is -2.14. The molecule has 0 aliphatic rings. The van der Waals surface area contributed by atoms with Crippen LogP contribution in [0.4, 0.5) is 5.69 Å². The molecule has 1 amide bonds. The fourth-order valence-electron chi connectivity index (χ4n) is 3.70. The third kappa shape index (κ3) is 3.99. The van der Waals surface area contributed by atoms with E-state index in [4.69, 9.17) is 5.73 Å². The van der Waals surface area contributed by atoms with Crippen LogP contribution in [-0.2, 0) is 0 Å². The molecule has 5 rings (SSSR count). The molecule has 3 aromatic heterocycles. The molecule has 5 aromatic rings. The van der Waals surface area contributed by atoms with Crippen LogP contribution in [0.2, 0.25) is 0 Å². The highest BCUT2D eigenvalue weighted by Gasteiger charge is 2.18. The van der Waals surface area contributed by atoms with Gasteiger partial charge in [-0.05, 0) is 23.8 Å². The van der Waals surface area contributed by atoms with Gasteiger partial charge in [-0.15, -0.1) is 0 Å². The van der Waals surface area contributed by atoms with Gasteiger partial charge in [-0.2, -0.15) is 0 Å². The van der Waals surface area contributed by atoms with Crippen LogP contribution in [0.3, 0.4) is 0 Å². The third-order valence-electron chi connectivity index (χ3n) is 5.27. The predicted molar refractivity (Wildman–Crippen MR) is 126 cm³/mol. The number of benzene rings is 2. The largest absolute Gasteiger partial charge is 0.384 e. The van der Waals surface area contributed by atoms with Crippen LogP contribution in [-0.4, -0.2) is 37.0 Å². The fraction of sp³-hybridized carbons (Fsp3) is 0.0417. The normalized spacial score (nSPS) is 11.0. The molecule has 5 N–H and O–H groups in total. The number of hydrogen-bond acceptors (Lipinski definition) is 5. The van der Waals surface area contributed by atoms with E-state index in [1.807, 2.05) is 42.8 Å². The zero-order chi connectivity index (χ0) is 22.8. The van der Waals surface area contributed by atoms with Gasteiger partial charge in [0.1, 0.15) is 16.9 Å². The molecule has 0 unspecified atom stereocenters. The summed E-state index contributed by atoms with van der Waals surface area (Å²) < 4.78 is 1.76. The first-order valence-electron chi connectivity index (χ1n) is 10.3. The predicted octanol–water partition coefficient (Wildman–Crippen LogP) is 2.87. The number of imidazole rings is 2. The van der Waals surface area contributed by atoms with Crippen LogP contribution in [0.15, 0.2) is 78.2 Å². The number of rotatable bonds is 7. The molecule has 1 radical (unpaired) electrons. The Morgan fingerprint density at radius 3 is 2.79 bits per heavy atom. The first-order chi connectivity index (χ1) is 16.1. The number of hydrogen-bond donors (Lipinski definition) is 4. The van der Waals surface area contributed by atoms with Crippen molar-refractivity contribution in [3.8, 4) is 17.1 Å². The van der Waals surface area contributed by atoms with E-state index in [9.17, 15) is 9.59 Å². The van der Waals surface area contributed by atoms with E-state index in [0.29, 0.717) is 40.3 Å². The molecule has 0 aliphatic carbocycles. The van der Waals surface area contributed by atoms with Gasteiger partial charge in [0, 0.05) is 37.2 Å². The smallest absolute Gasteiger partial charge is 0.261 e. The van der Waals surface area contributed by atoms with Crippen LogP contribution in [0.1, 0.15) is 15.9 Å². The zero-order valence-corrected chi connectivity index (χ0v) is 17.4. The number of nitrogens with zero attached hydrogens (tertiary/aromatic N) is 3. The average molecular weight is 438 g/mol. The maximum Gasteiger partial charge on any atom is 0.261 e. The van der Waals surface area contributed by atoms with Gasteiger partial charge in [0.15, 0.2) is 0 Å². The molecule has 3 heterocycles. The Hall–Kier alpha value is -4.66. The number of aromatic amines is 2. The van der Waals surface area contributed by atoms with Gasteiger partial charge >= 0.3 is 0 Å². The number of pyridine rings is 1. The van der Waals surface area contributed by atoms with Gasteiger partial charge in [-0.3, -0.25) is 9.59 Å². The number of nitrogens with one attached hydrogen (secondary N) is 3. The van der Waals surface area contributed by atoms with Crippen molar-refractivity contribution in [2.75, 3.05) is 11.9 Å². The maximum absolute atomic E-state index is 12.8. The highest BCUT2D eigenvalue weighted by Crippen LogP contribution is 2.27. The van der Waals surface area contributed by atoms with E-state index < -0.39 is 5.91 Å². The van der Waals surface area contributed by atoms with Crippen molar-refractivity contribution >= 4 is 22.6 Å². The number of H-pyrrole nitrogens is 2. The topological polar surface area (TPSA) is 134 Å². The number of primary amides is 1. The second kappa shape index (κ2) is 8.46. The molecule has 0 bridgehead atoms. The average Bonchev–Trinajstić information content (AvgIpc) is 3.49. The lowest BCUT2D eigenvalue weighted by molar-refractivity contribution is 0.100. The summed E-state index contributed by atoms with van der Waals surface area (Å²) in [5, 5.41) is 3.28. The van der Waals surface area contributed by atoms with Crippen LogP contribution in [0.25, 0.3) is 28.1 Å². The summed E-state index contributed by atoms with van der Waals surface area (Å²) in [5.41, 5.74) is 9.26. The molecule has 33 heavy (non-hydrogen) atoms. The molecule has 0 atom stereocenters. The van der Waals surface area contributed by atoms with Gasteiger partial charge in [0.05, 0.1) is 23.1 Å². The van der Waals surface area contributed by atoms with Crippen molar-refractivity contribution in [2.45, 2.75) is 0 Å². The van der Waals surface area contributed by atoms with Crippen molar-refractivity contribution in [2.24, 2.45) is 5.73 Å². The quantitative estimate of drug-likeness (QED) is 0.310. The maximum atomic E-state index is 12.8. The molecule has 9 heteroatoms. The van der Waals surface area contributed by atoms with Crippen molar-refractivity contribution < 1.29 is 4.79 Å². The molecule has 163 valence electrons. The van der Waals surface area contributed by atoms with Gasteiger partial charge in [-0.25, -0.2) is 9.97 Å². The third-order valence-corrected chi connectivity index (χ3v) is 5.27. The SMILES string of the molecule is NC(=O)c1cc(-n2ccnc2)cc2[nH]c(-c3c(NC[CH]c4ccccc4)cc[nH]c3=O)nc12. The monoisotopic (exact) mass is 438 g/mol. The highest BCUT2D eigenvalue weighted by atomic mass is 16.1. The van der Waals surface area contributed by atoms with E-state index >= 15 is 0 Å². The minimum absolute atomic E-state index is 0.248. The Kier molecular flexibility index (Phi) is 5.19. The minimum Gasteiger partial charge on any atom is -0.384 e. The molecule has 0 saturated heterocycles. The van der Waals surface area contributed by atoms with Crippen molar-refractivity contribution in [3.05, 3.63) is 101 Å². The second-order valence-electron chi connectivity index (χ2n) is 7.40. The van der Waals surface area contributed by atoms with E-state index in [1.165, 1.54) is 0 Å². The number of aromatic nitrogens is 5. The first kappa shape index (κ1) is 20.3. The van der Waals surface area contributed by atoms with Gasteiger partial charge in [0.25, 0.3) is 11.5 Å². The zero-order valence-electron chi connectivity index (χ0n) is 17.4. The Balaban J connectivity index is 1.54. The summed E-state index contributed by atoms with van der Waals surface area (Å²) in [6, 6.07) is 15.1. The highest BCUT2D eigenvalue weighted by molar-refractivity contribution is 6.05. The molecule has 0 saturated carbocycles. The fourth-order valence-corrected chi connectivity index (χ4v) is 3.70. The van der Waals surface area contributed by atoms with Crippen LogP contribution >= 0.6 is 0 Å². The van der Waals surface area contributed by atoms with E-state index in [2.05, 4.69) is 25.3 Å². The summed E-state index contributed by atoms with van der Waals surface area (Å²) in [5.74, 6) is -0.280. The van der Waals surface area contributed by atoms with Gasteiger partial charge in [-0.1, -0.05) is 30.3 Å². The lowest BCUT2D eigenvalue weighted by Gasteiger charge is -2.09. The Morgan fingerprint density at radius 2 is 2.03 bits per heavy atom. The summed E-state index contributed by atoms with van der Waals surface area (Å²) in [4.78, 5) is 39.4. The van der Waals surface area contributed by atoms with E-state index in [1.54, 1.807) is 41.6 Å². The number of fused-ring (bicyclic) bond motifs is 1. The number of nitrogens with two attached hydrogens (primary N) is 1. The molecular formula is C24H20N7O2. The Labute approximate surface area is 188 Å². The van der Waals surface area contributed by atoms with Crippen LogP contribution in [0.5, 0.6) is 0 Å². The number of amides is 1. The number of carbonyl (C=O) groups is 1. The molecule has 0 aliphatic heterocycles. The molecule has 0 spiro atoms. The van der Waals surface area contributed by atoms with Crippen LogP contribution < -0.4 is 16.6 Å². The first-order valence-corrected chi connectivity index (χ1v) is 10.3. The molecule has 0 fully saturated rings. The van der Waals surface area contributed by atoms with Crippen molar-refractivity contribution in [1.29, 1.82) is 0 Å².